The van der Waals surface area contributed by atoms with Gasteiger partial charge in [-0.1, -0.05) is 12.2 Å². The summed E-state index contributed by atoms with van der Waals surface area (Å²) in [6, 6.07) is 1.99. The number of aromatic amines is 1. The molecule has 88 valence electrons. The second-order valence-electron chi connectivity index (χ2n) is 4.43. The standard InChI is InChI=1S/C12H13N3S2/c1-7-13-9(6-17-7)4-11-14-10(8-2-3-8)5-12(16)15-11/h5-6,8H,2-4H2,1H3,(H,14,15,16). The van der Waals surface area contributed by atoms with Crippen molar-refractivity contribution < 1.29 is 0 Å². The fourth-order valence-electron chi connectivity index (χ4n) is 1.89. The maximum atomic E-state index is 5.21. The molecule has 2 aromatic rings. The third kappa shape index (κ3) is 2.61. The second kappa shape index (κ2) is 4.31. The molecular formula is C12H13N3S2. The van der Waals surface area contributed by atoms with Crippen molar-refractivity contribution in [3.05, 3.63) is 38.3 Å². The van der Waals surface area contributed by atoms with Gasteiger partial charge in [0.15, 0.2) is 0 Å². The quantitative estimate of drug-likeness (QED) is 0.863. The maximum Gasteiger partial charge on any atom is 0.130 e. The lowest BCUT2D eigenvalue weighted by Crippen LogP contribution is -2.00. The summed E-state index contributed by atoms with van der Waals surface area (Å²) >= 11 is 6.88. The van der Waals surface area contributed by atoms with E-state index >= 15 is 0 Å². The molecule has 1 saturated carbocycles. The van der Waals surface area contributed by atoms with Gasteiger partial charge >= 0.3 is 0 Å². The van der Waals surface area contributed by atoms with Crippen molar-refractivity contribution in [3.63, 3.8) is 0 Å². The van der Waals surface area contributed by atoms with Gasteiger partial charge in [0, 0.05) is 17.5 Å². The second-order valence-corrected chi connectivity index (χ2v) is 5.91. The number of H-pyrrole nitrogens is 1. The van der Waals surface area contributed by atoms with Crippen LogP contribution in [0.3, 0.4) is 0 Å². The smallest absolute Gasteiger partial charge is 0.130 e. The Morgan fingerprint density at radius 3 is 2.94 bits per heavy atom. The van der Waals surface area contributed by atoms with Crippen molar-refractivity contribution in [3.8, 4) is 0 Å². The van der Waals surface area contributed by atoms with Crippen LogP contribution in [0.2, 0.25) is 0 Å². The summed E-state index contributed by atoms with van der Waals surface area (Å²) in [6.45, 7) is 2.02. The molecule has 2 aromatic heterocycles. The highest BCUT2D eigenvalue weighted by atomic mass is 32.1. The van der Waals surface area contributed by atoms with E-state index in [9.17, 15) is 0 Å². The number of nitrogens with zero attached hydrogens (tertiary/aromatic N) is 2. The van der Waals surface area contributed by atoms with E-state index in [2.05, 4.69) is 20.3 Å². The summed E-state index contributed by atoms with van der Waals surface area (Å²) in [5, 5.41) is 3.18. The van der Waals surface area contributed by atoms with Crippen molar-refractivity contribution in [1.82, 2.24) is 15.0 Å². The molecule has 3 nitrogen and oxygen atoms in total. The summed E-state index contributed by atoms with van der Waals surface area (Å²) in [7, 11) is 0. The van der Waals surface area contributed by atoms with Crippen molar-refractivity contribution in [1.29, 1.82) is 0 Å². The first-order chi connectivity index (χ1) is 8.20. The zero-order chi connectivity index (χ0) is 11.8. The largest absolute Gasteiger partial charge is 0.347 e. The first kappa shape index (κ1) is 11.0. The third-order valence-corrected chi connectivity index (χ3v) is 3.88. The van der Waals surface area contributed by atoms with Crippen LogP contribution in [0.15, 0.2) is 11.4 Å². The summed E-state index contributed by atoms with van der Waals surface area (Å²) in [5.41, 5.74) is 2.31. The highest BCUT2D eigenvalue weighted by Gasteiger charge is 2.24. The van der Waals surface area contributed by atoms with Crippen LogP contribution >= 0.6 is 23.6 Å². The van der Waals surface area contributed by atoms with E-state index in [4.69, 9.17) is 12.2 Å². The maximum absolute atomic E-state index is 5.21. The molecule has 0 saturated heterocycles. The van der Waals surface area contributed by atoms with E-state index in [0.717, 1.165) is 22.9 Å². The molecule has 0 atom stereocenters. The first-order valence-corrected chi connectivity index (χ1v) is 7.00. The van der Waals surface area contributed by atoms with Gasteiger partial charge in [0.25, 0.3) is 0 Å². The zero-order valence-electron chi connectivity index (χ0n) is 9.56. The molecule has 0 aromatic carbocycles. The predicted octanol–water partition coefficient (Wildman–Crippen LogP) is 3.37. The molecule has 1 aliphatic carbocycles. The van der Waals surface area contributed by atoms with E-state index in [1.165, 1.54) is 18.5 Å². The molecule has 0 spiro atoms. The summed E-state index contributed by atoms with van der Waals surface area (Å²) in [5.74, 6) is 1.61. The minimum atomic E-state index is 0.677. The van der Waals surface area contributed by atoms with Crippen LogP contribution in [-0.2, 0) is 6.42 Å². The molecule has 2 heterocycles. The van der Waals surface area contributed by atoms with Crippen LogP contribution in [0.5, 0.6) is 0 Å². The molecule has 0 radical (unpaired) electrons. The van der Waals surface area contributed by atoms with Gasteiger partial charge in [-0.15, -0.1) is 11.3 Å². The van der Waals surface area contributed by atoms with E-state index in [-0.39, 0.29) is 0 Å². The van der Waals surface area contributed by atoms with Crippen LogP contribution in [0.1, 0.15) is 41.0 Å². The minimum absolute atomic E-state index is 0.677. The Hall–Kier alpha value is -1.07. The van der Waals surface area contributed by atoms with Gasteiger partial charge in [-0.05, 0) is 31.7 Å². The fraction of sp³-hybridized carbons (Fsp3) is 0.417. The van der Waals surface area contributed by atoms with E-state index in [0.29, 0.717) is 10.6 Å². The third-order valence-electron chi connectivity index (χ3n) is 2.85. The van der Waals surface area contributed by atoms with Crippen molar-refractivity contribution in [2.24, 2.45) is 0 Å². The summed E-state index contributed by atoms with van der Waals surface area (Å²) in [4.78, 5) is 12.2. The Morgan fingerprint density at radius 1 is 1.47 bits per heavy atom. The monoisotopic (exact) mass is 263 g/mol. The lowest BCUT2D eigenvalue weighted by molar-refractivity contribution is 0.880. The van der Waals surface area contributed by atoms with E-state index in [1.807, 2.05) is 13.0 Å². The summed E-state index contributed by atoms with van der Waals surface area (Å²) < 4.78 is 0.688. The number of rotatable bonds is 3. The molecule has 5 heteroatoms. The van der Waals surface area contributed by atoms with Crippen molar-refractivity contribution >= 4 is 23.6 Å². The molecule has 0 unspecified atom stereocenters. The number of thiazole rings is 1. The molecule has 1 aliphatic rings. The average Bonchev–Trinajstić information content (AvgIpc) is 3.03. The zero-order valence-corrected chi connectivity index (χ0v) is 11.2. The number of aromatic nitrogens is 3. The van der Waals surface area contributed by atoms with Gasteiger partial charge in [-0.2, -0.15) is 0 Å². The van der Waals surface area contributed by atoms with Gasteiger partial charge in [-0.3, -0.25) is 0 Å². The number of nitrogens with one attached hydrogen (secondary N) is 1. The van der Waals surface area contributed by atoms with Gasteiger partial charge in [0.1, 0.15) is 10.5 Å². The SMILES string of the molecule is Cc1nc(Cc2nc(=S)cc(C3CC3)[nH]2)cs1. The Bertz CT molecular complexity index is 596. The van der Waals surface area contributed by atoms with Gasteiger partial charge in [0.05, 0.1) is 10.7 Å². The van der Waals surface area contributed by atoms with Crippen LogP contribution in [0, 0.1) is 11.6 Å². The Balaban J connectivity index is 1.89. The highest BCUT2D eigenvalue weighted by molar-refractivity contribution is 7.71. The molecule has 17 heavy (non-hydrogen) atoms. The van der Waals surface area contributed by atoms with Crippen LogP contribution in [-0.4, -0.2) is 15.0 Å². The van der Waals surface area contributed by atoms with E-state index in [1.54, 1.807) is 11.3 Å². The van der Waals surface area contributed by atoms with Gasteiger partial charge in [0.2, 0.25) is 0 Å². The first-order valence-electron chi connectivity index (χ1n) is 5.72. The van der Waals surface area contributed by atoms with Crippen molar-refractivity contribution in [2.75, 3.05) is 0 Å². The van der Waals surface area contributed by atoms with Crippen molar-refractivity contribution in [2.45, 2.75) is 32.1 Å². The molecule has 1 N–H and O–H groups in total. The lowest BCUT2D eigenvalue weighted by Gasteiger charge is -2.03. The van der Waals surface area contributed by atoms with Crippen LogP contribution in [0.25, 0.3) is 0 Å². The molecule has 3 rings (SSSR count). The molecule has 0 amide bonds. The highest BCUT2D eigenvalue weighted by Crippen LogP contribution is 2.38. The Kier molecular flexibility index (Phi) is 2.80. The van der Waals surface area contributed by atoms with Gasteiger partial charge in [-0.25, -0.2) is 9.97 Å². The predicted molar refractivity (Wildman–Crippen MR) is 71.1 cm³/mol. The topological polar surface area (TPSA) is 41.6 Å². The Labute approximate surface area is 109 Å². The number of hydrogen-bond donors (Lipinski definition) is 1. The summed E-state index contributed by atoms with van der Waals surface area (Å²) in [6.07, 6.45) is 3.28. The molecule has 1 fully saturated rings. The molecule has 0 aliphatic heterocycles. The van der Waals surface area contributed by atoms with Gasteiger partial charge < -0.3 is 4.98 Å². The fourth-order valence-corrected chi connectivity index (χ4v) is 2.74. The number of hydrogen-bond acceptors (Lipinski definition) is 4. The molecular weight excluding hydrogens is 250 g/mol. The Morgan fingerprint density at radius 2 is 2.29 bits per heavy atom. The van der Waals surface area contributed by atoms with E-state index < -0.39 is 0 Å². The average molecular weight is 263 g/mol. The lowest BCUT2D eigenvalue weighted by atomic mass is 10.2. The number of aryl methyl sites for hydroxylation is 1. The van der Waals surface area contributed by atoms with Crippen LogP contribution < -0.4 is 0 Å². The van der Waals surface area contributed by atoms with Crippen LogP contribution in [0.4, 0.5) is 0 Å². The normalized spacial score (nSPS) is 15.1. The minimum Gasteiger partial charge on any atom is -0.347 e. The molecule has 0 bridgehead atoms.